The maximum absolute atomic E-state index is 13.4. The number of carbonyl (C=O) groups is 2. The third-order valence-electron chi connectivity index (χ3n) is 9.09. The summed E-state index contributed by atoms with van der Waals surface area (Å²) in [4.78, 5) is 26.5. The van der Waals surface area contributed by atoms with Gasteiger partial charge in [-0.15, -0.1) is 0 Å². The molecule has 0 atom stereocenters. The highest BCUT2D eigenvalue weighted by atomic mass is 32.2. The van der Waals surface area contributed by atoms with Crippen LogP contribution in [0.25, 0.3) is 33.8 Å². The Balaban J connectivity index is 1.60. The molecule has 4 aromatic rings. The fourth-order valence-corrected chi connectivity index (χ4v) is 8.54. The number of carbonyl (C=O) groups excluding carboxylic acids is 2. The zero-order valence-electron chi connectivity index (χ0n) is 27.6. The summed E-state index contributed by atoms with van der Waals surface area (Å²) in [6.07, 6.45) is 9.22. The lowest BCUT2D eigenvalue weighted by Crippen LogP contribution is -2.33. The van der Waals surface area contributed by atoms with Crippen molar-refractivity contribution in [3.8, 4) is 17.0 Å². The number of benzene rings is 2. The zero-order chi connectivity index (χ0) is 33.5. The average Bonchev–Trinajstić information content (AvgIpc) is 3.52. The van der Waals surface area contributed by atoms with E-state index in [1.165, 1.54) is 18.2 Å². The number of fused-ring (bicyclic) bond motifs is 5. The van der Waals surface area contributed by atoms with E-state index < -0.39 is 21.9 Å². The molecule has 0 radical (unpaired) electrons. The van der Waals surface area contributed by atoms with E-state index in [1.54, 1.807) is 51.7 Å². The molecule has 11 heteroatoms. The van der Waals surface area contributed by atoms with Crippen LogP contribution in [-0.4, -0.2) is 54.1 Å². The van der Waals surface area contributed by atoms with Crippen LogP contribution in [0.3, 0.4) is 0 Å². The highest BCUT2D eigenvalue weighted by Crippen LogP contribution is 2.48. The van der Waals surface area contributed by atoms with Gasteiger partial charge >= 0.3 is 5.97 Å². The number of aromatic nitrogens is 3. The van der Waals surface area contributed by atoms with Crippen LogP contribution >= 0.6 is 0 Å². The normalized spacial score (nSPS) is 15.1. The van der Waals surface area contributed by atoms with Crippen LogP contribution in [0.4, 0.5) is 0 Å². The van der Waals surface area contributed by atoms with Gasteiger partial charge in [-0.3, -0.25) is 9.48 Å². The minimum Gasteiger partial charge on any atom is -0.497 e. The molecular formula is C36H42N4O6S. The standard InChI is InChI=1S/C36H42N4O6S/c1-6-46-36(42)30-19-37-39(4)33(30)26-16-25-17-27(45-5)13-15-28(25)34-32(23-10-8-7-9-11-23)29-14-12-24(18-31(29)40(34)20-26)35(41)38-47(43,44)21-22(2)3/h12-19,22-23H,6-11,20-21H2,1-5H3,(H,38,41). The molecule has 2 aromatic heterocycles. The molecule has 1 aliphatic heterocycles. The van der Waals surface area contributed by atoms with E-state index in [9.17, 15) is 18.0 Å². The molecule has 10 nitrogen and oxygen atoms in total. The maximum Gasteiger partial charge on any atom is 0.341 e. The van der Waals surface area contributed by atoms with E-state index in [1.807, 2.05) is 18.2 Å². The van der Waals surface area contributed by atoms with Gasteiger partial charge in [-0.05, 0) is 84.7 Å². The number of nitrogens with one attached hydrogen (secondary N) is 1. The number of aryl methyl sites for hydroxylation is 1. The molecule has 248 valence electrons. The largest absolute Gasteiger partial charge is 0.497 e. The molecule has 1 aliphatic carbocycles. The van der Waals surface area contributed by atoms with Crippen LogP contribution < -0.4 is 9.46 Å². The van der Waals surface area contributed by atoms with Gasteiger partial charge in [-0.25, -0.2) is 17.9 Å². The van der Waals surface area contributed by atoms with Crippen LogP contribution in [0.15, 0.2) is 42.6 Å². The predicted molar refractivity (Wildman–Crippen MR) is 183 cm³/mol. The first-order chi connectivity index (χ1) is 22.5. The first kappa shape index (κ1) is 32.6. The Hall–Kier alpha value is -4.38. The Labute approximate surface area is 275 Å². The minimum absolute atomic E-state index is 0.127. The molecule has 1 N–H and O–H groups in total. The van der Waals surface area contributed by atoms with Gasteiger partial charge in [0.2, 0.25) is 10.0 Å². The summed E-state index contributed by atoms with van der Waals surface area (Å²) in [6, 6.07) is 11.5. The quantitative estimate of drug-likeness (QED) is 0.203. The van der Waals surface area contributed by atoms with Gasteiger partial charge < -0.3 is 14.0 Å². The van der Waals surface area contributed by atoms with Crippen molar-refractivity contribution in [2.75, 3.05) is 19.5 Å². The van der Waals surface area contributed by atoms with Crippen molar-refractivity contribution in [3.63, 3.8) is 0 Å². The molecule has 1 saturated carbocycles. The van der Waals surface area contributed by atoms with E-state index in [0.29, 0.717) is 29.5 Å². The summed E-state index contributed by atoms with van der Waals surface area (Å²) >= 11 is 0. The highest BCUT2D eigenvalue weighted by molar-refractivity contribution is 7.90. The van der Waals surface area contributed by atoms with Crippen LogP contribution in [0.5, 0.6) is 5.75 Å². The summed E-state index contributed by atoms with van der Waals surface area (Å²) in [6.45, 7) is 5.98. The zero-order valence-corrected chi connectivity index (χ0v) is 28.4. The van der Waals surface area contributed by atoms with Gasteiger partial charge in [0, 0.05) is 29.1 Å². The van der Waals surface area contributed by atoms with E-state index in [0.717, 1.165) is 59.0 Å². The molecule has 0 saturated heterocycles. The molecule has 1 amide bonds. The Morgan fingerprint density at radius 3 is 2.53 bits per heavy atom. The molecule has 6 rings (SSSR count). The molecule has 0 spiro atoms. The second-order valence-electron chi connectivity index (χ2n) is 12.9. The number of sulfonamides is 1. The van der Waals surface area contributed by atoms with Crippen molar-refractivity contribution < 1.29 is 27.5 Å². The van der Waals surface area contributed by atoms with Gasteiger partial charge in [0.25, 0.3) is 5.91 Å². The molecule has 2 aliphatic rings. The van der Waals surface area contributed by atoms with Crippen LogP contribution in [0, 0.1) is 5.92 Å². The van der Waals surface area contributed by atoms with Gasteiger partial charge in [0.05, 0.1) is 43.6 Å². The summed E-state index contributed by atoms with van der Waals surface area (Å²) in [5.41, 5.74) is 7.17. The Morgan fingerprint density at radius 1 is 1.06 bits per heavy atom. The SMILES string of the molecule is CCOC(=O)c1cnn(C)c1C1=Cc2cc(OC)ccc2-c2c(C3CCCCC3)c3ccc(C(=O)NS(=O)(=O)CC(C)C)cc3n2C1. The van der Waals surface area contributed by atoms with E-state index in [-0.39, 0.29) is 23.8 Å². The van der Waals surface area contributed by atoms with Crippen molar-refractivity contribution >= 4 is 44.5 Å². The van der Waals surface area contributed by atoms with Crippen molar-refractivity contribution in [2.24, 2.45) is 13.0 Å². The Bertz CT molecular complexity index is 2000. The van der Waals surface area contributed by atoms with Crippen molar-refractivity contribution in [1.29, 1.82) is 0 Å². The third-order valence-corrected chi connectivity index (χ3v) is 10.7. The number of hydrogen-bond donors (Lipinski definition) is 1. The topological polar surface area (TPSA) is 122 Å². The van der Waals surface area contributed by atoms with E-state index in [2.05, 4.69) is 26.5 Å². The van der Waals surface area contributed by atoms with Crippen LogP contribution in [0.2, 0.25) is 0 Å². The molecule has 3 heterocycles. The molecule has 0 unspecified atom stereocenters. The number of esters is 1. The Morgan fingerprint density at radius 2 is 1.83 bits per heavy atom. The first-order valence-electron chi connectivity index (χ1n) is 16.3. The summed E-state index contributed by atoms with van der Waals surface area (Å²) in [5, 5.41) is 5.47. The van der Waals surface area contributed by atoms with Crippen molar-refractivity contribution in [2.45, 2.75) is 65.3 Å². The number of nitrogens with zero attached hydrogens (tertiary/aromatic N) is 3. The Kier molecular flexibility index (Phi) is 9.02. The smallest absolute Gasteiger partial charge is 0.341 e. The molecule has 47 heavy (non-hydrogen) atoms. The second-order valence-corrected chi connectivity index (χ2v) is 14.7. The van der Waals surface area contributed by atoms with Gasteiger partial charge in [-0.1, -0.05) is 39.2 Å². The number of hydrogen-bond acceptors (Lipinski definition) is 7. The summed E-state index contributed by atoms with van der Waals surface area (Å²) < 4.78 is 42.6. The lowest BCUT2D eigenvalue weighted by atomic mass is 9.81. The molecule has 1 fully saturated rings. The van der Waals surface area contributed by atoms with Gasteiger partial charge in [0.1, 0.15) is 11.3 Å². The summed E-state index contributed by atoms with van der Waals surface area (Å²) in [5.74, 6) is -0.355. The number of methoxy groups -OCH3 is 1. The fraction of sp³-hybridized carbons (Fsp3) is 0.417. The molecule has 0 bridgehead atoms. The second kappa shape index (κ2) is 13.0. The number of amides is 1. The number of ether oxygens (including phenoxy) is 2. The minimum atomic E-state index is -3.80. The maximum atomic E-state index is 13.4. The average molecular weight is 659 g/mol. The van der Waals surface area contributed by atoms with Crippen molar-refractivity contribution in [1.82, 2.24) is 19.1 Å². The number of rotatable bonds is 9. The predicted octanol–water partition coefficient (Wildman–Crippen LogP) is 6.54. The van der Waals surface area contributed by atoms with E-state index in [4.69, 9.17) is 9.47 Å². The molecule has 2 aromatic carbocycles. The van der Waals surface area contributed by atoms with E-state index >= 15 is 0 Å². The monoisotopic (exact) mass is 658 g/mol. The van der Waals surface area contributed by atoms with Crippen LogP contribution in [-0.2, 0) is 28.4 Å². The number of allylic oxidation sites excluding steroid dienone is 1. The van der Waals surface area contributed by atoms with Crippen LogP contribution in [0.1, 0.15) is 96.3 Å². The van der Waals surface area contributed by atoms with Crippen molar-refractivity contribution in [3.05, 3.63) is 70.5 Å². The lowest BCUT2D eigenvalue weighted by molar-refractivity contribution is 0.0525. The van der Waals surface area contributed by atoms with Gasteiger partial charge in [0.15, 0.2) is 0 Å². The lowest BCUT2D eigenvalue weighted by Gasteiger charge is -2.24. The first-order valence-corrected chi connectivity index (χ1v) is 18.0. The molecular weight excluding hydrogens is 616 g/mol. The highest BCUT2D eigenvalue weighted by Gasteiger charge is 2.32. The third kappa shape index (κ3) is 6.33. The fourth-order valence-electron chi connectivity index (χ4n) is 7.18. The van der Waals surface area contributed by atoms with Gasteiger partial charge in [-0.2, -0.15) is 5.10 Å². The summed E-state index contributed by atoms with van der Waals surface area (Å²) in [7, 11) is -0.361.